The SMILES string of the molecule is Cn1cnc(-c2nnc(C(=O)N3CCc4[nH]cnc4[C@H]3c3ncc4ccccc4n3)o2)c1. The molecular weight excluding hydrogens is 410 g/mol. The molecule has 1 amide bonds. The summed E-state index contributed by atoms with van der Waals surface area (Å²) >= 11 is 0. The van der Waals surface area contributed by atoms with Crippen LogP contribution in [0, 0.1) is 0 Å². The van der Waals surface area contributed by atoms with Crippen molar-refractivity contribution in [2.75, 3.05) is 6.54 Å². The maximum absolute atomic E-state index is 13.4. The van der Waals surface area contributed by atoms with Crippen LogP contribution < -0.4 is 0 Å². The molecule has 0 bridgehead atoms. The van der Waals surface area contributed by atoms with Crippen LogP contribution in [-0.2, 0) is 13.5 Å². The number of nitrogens with zero attached hydrogens (tertiary/aromatic N) is 8. The first-order chi connectivity index (χ1) is 15.7. The molecule has 32 heavy (non-hydrogen) atoms. The van der Waals surface area contributed by atoms with Crippen LogP contribution in [0.2, 0.25) is 0 Å². The summed E-state index contributed by atoms with van der Waals surface area (Å²) in [7, 11) is 1.84. The molecule has 5 aromatic rings. The van der Waals surface area contributed by atoms with E-state index >= 15 is 0 Å². The fourth-order valence-corrected chi connectivity index (χ4v) is 3.93. The Kier molecular flexibility index (Phi) is 4.06. The van der Waals surface area contributed by atoms with Gasteiger partial charge < -0.3 is 18.9 Å². The van der Waals surface area contributed by atoms with E-state index in [1.54, 1.807) is 34.5 Å². The Morgan fingerprint density at radius 3 is 2.97 bits per heavy atom. The average Bonchev–Trinajstić information content (AvgIpc) is 3.58. The second-order valence-corrected chi connectivity index (χ2v) is 7.54. The van der Waals surface area contributed by atoms with Crippen LogP contribution in [0.15, 0.2) is 53.7 Å². The fraction of sp³-hybridized carbons (Fsp3) is 0.190. The van der Waals surface area contributed by atoms with Crippen molar-refractivity contribution in [2.45, 2.75) is 12.5 Å². The Morgan fingerprint density at radius 2 is 2.09 bits per heavy atom. The van der Waals surface area contributed by atoms with Crippen LogP contribution in [0.3, 0.4) is 0 Å². The lowest BCUT2D eigenvalue weighted by Gasteiger charge is -2.32. The van der Waals surface area contributed by atoms with Gasteiger partial charge in [-0.3, -0.25) is 4.79 Å². The molecule has 1 atom stereocenters. The van der Waals surface area contributed by atoms with Gasteiger partial charge in [-0.05, 0) is 6.07 Å². The van der Waals surface area contributed by atoms with Gasteiger partial charge in [0.1, 0.15) is 11.7 Å². The van der Waals surface area contributed by atoms with Crippen LogP contribution in [0.1, 0.15) is 33.9 Å². The van der Waals surface area contributed by atoms with E-state index in [2.05, 4.69) is 30.1 Å². The van der Waals surface area contributed by atoms with Gasteiger partial charge in [-0.2, -0.15) is 0 Å². The Morgan fingerprint density at radius 1 is 1.19 bits per heavy atom. The van der Waals surface area contributed by atoms with Crippen molar-refractivity contribution in [3.05, 3.63) is 72.4 Å². The van der Waals surface area contributed by atoms with Crippen LogP contribution >= 0.6 is 0 Å². The van der Waals surface area contributed by atoms with Crippen LogP contribution in [0.5, 0.6) is 0 Å². The van der Waals surface area contributed by atoms with Gasteiger partial charge in [0.25, 0.3) is 5.89 Å². The number of rotatable bonds is 3. The summed E-state index contributed by atoms with van der Waals surface area (Å²) < 4.78 is 7.43. The Labute approximate surface area is 181 Å². The molecule has 11 heteroatoms. The molecule has 0 radical (unpaired) electrons. The zero-order valence-electron chi connectivity index (χ0n) is 17.0. The van der Waals surface area contributed by atoms with E-state index in [0.717, 1.165) is 16.6 Å². The Hall–Kier alpha value is -4.41. The zero-order chi connectivity index (χ0) is 21.7. The molecule has 1 aromatic carbocycles. The molecule has 0 spiro atoms. The first-order valence-electron chi connectivity index (χ1n) is 10.0. The number of carbonyl (C=O) groups excluding carboxylic acids is 1. The van der Waals surface area contributed by atoms with Crippen molar-refractivity contribution >= 4 is 16.8 Å². The van der Waals surface area contributed by atoms with Crippen molar-refractivity contribution in [3.63, 3.8) is 0 Å². The maximum Gasteiger partial charge on any atom is 0.312 e. The Balaban J connectivity index is 1.40. The van der Waals surface area contributed by atoms with Gasteiger partial charge in [-0.15, -0.1) is 10.2 Å². The van der Waals surface area contributed by atoms with Gasteiger partial charge in [0.15, 0.2) is 5.82 Å². The third-order valence-electron chi connectivity index (χ3n) is 5.47. The minimum atomic E-state index is -0.577. The summed E-state index contributed by atoms with van der Waals surface area (Å²) in [6.45, 7) is 0.427. The zero-order valence-corrected chi connectivity index (χ0v) is 17.0. The highest BCUT2D eigenvalue weighted by molar-refractivity contribution is 5.90. The normalized spacial score (nSPS) is 15.8. The maximum atomic E-state index is 13.4. The summed E-state index contributed by atoms with van der Waals surface area (Å²) in [6, 6.07) is 7.13. The molecule has 0 saturated heterocycles. The van der Waals surface area contributed by atoms with E-state index in [1.807, 2.05) is 31.3 Å². The van der Waals surface area contributed by atoms with E-state index in [1.165, 1.54) is 0 Å². The lowest BCUT2D eigenvalue weighted by molar-refractivity contribution is 0.0643. The number of carbonyl (C=O) groups is 1. The van der Waals surface area contributed by atoms with Gasteiger partial charge in [-0.25, -0.2) is 19.9 Å². The average molecular weight is 427 g/mol. The summed E-state index contributed by atoms with van der Waals surface area (Å²) in [5.74, 6) is 0.144. The summed E-state index contributed by atoms with van der Waals surface area (Å²) in [5, 5.41) is 8.89. The van der Waals surface area contributed by atoms with Crippen molar-refractivity contribution in [1.29, 1.82) is 0 Å². The summed E-state index contributed by atoms with van der Waals surface area (Å²) in [5.41, 5.74) is 2.96. The number of hydrogen-bond donors (Lipinski definition) is 1. The summed E-state index contributed by atoms with van der Waals surface area (Å²) in [4.78, 5) is 36.2. The monoisotopic (exact) mass is 427 g/mol. The van der Waals surface area contributed by atoms with E-state index in [-0.39, 0.29) is 11.8 Å². The highest BCUT2D eigenvalue weighted by Crippen LogP contribution is 2.33. The number of nitrogens with one attached hydrogen (secondary N) is 1. The molecule has 4 aromatic heterocycles. The Bertz CT molecular complexity index is 1450. The number of benzene rings is 1. The fourth-order valence-electron chi connectivity index (χ4n) is 3.93. The molecule has 11 nitrogen and oxygen atoms in total. The lowest BCUT2D eigenvalue weighted by Crippen LogP contribution is -2.41. The topological polar surface area (TPSA) is 132 Å². The van der Waals surface area contributed by atoms with Gasteiger partial charge in [0, 0.05) is 43.5 Å². The van der Waals surface area contributed by atoms with E-state index < -0.39 is 11.9 Å². The van der Waals surface area contributed by atoms with Crippen LogP contribution in [0.4, 0.5) is 0 Å². The smallest absolute Gasteiger partial charge is 0.312 e. The number of aromatic amines is 1. The number of fused-ring (bicyclic) bond motifs is 2. The number of para-hydroxylation sites is 1. The number of hydrogen-bond acceptors (Lipinski definition) is 8. The molecular formula is C21H17N9O2. The number of H-pyrrole nitrogens is 1. The second-order valence-electron chi connectivity index (χ2n) is 7.54. The van der Waals surface area contributed by atoms with E-state index in [4.69, 9.17) is 9.40 Å². The number of imidazole rings is 2. The molecule has 1 aliphatic heterocycles. The molecule has 158 valence electrons. The molecule has 0 saturated carbocycles. The van der Waals surface area contributed by atoms with Crippen molar-refractivity contribution < 1.29 is 9.21 Å². The van der Waals surface area contributed by atoms with Crippen molar-refractivity contribution in [3.8, 4) is 11.6 Å². The highest BCUT2D eigenvalue weighted by Gasteiger charge is 2.38. The van der Waals surface area contributed by atoms with Gasteiger partial charge in [0.05, 0.1) is 23.9 Å². The third-order valence-corrected chi connectivity index (χ3v) is 5.47. The van der Waals surface area contributed by atoms with Crippen molar-refractivity contribution in [1.82, 2.24) is 44.6 Å². The van der Waals surface area contributed by atoms with Crippen molar-refractivity contribution in [2.24, 2.45) is 7.05 Å². The van der Waals surface area contributed by atoms with E-state index in [9.17, 15) is 4.79 Å². The number of aromatic nitrogens is 8. The molecule has 1 N–H and O–H groups in total. The van der Waals surface area contributed by atoms with Crippen LogP contribution in [-0.4, -0.2) is 57.0 Å². The molecule has 0 fully saturated rings. The van der Waals surface area contributed by atoms with E-state index in [0.29, 0.717) is 30.2 Å². The van der Waals surface area contributed by atoms with Gasteiger partial charge in [0.2, 0.25) is 0 Å². The van der Waals surface area contributed by atoms with Gasteiger partial charge >= 0.3 is 11.8 Å². The summed E-state index contributed by atoms with van der Waals surface area (Å²) in [6.07, 6.45) is 7.36. The van der Waals surface area contributed by atoms with Gasteiger partial charge in [-0.1, -0.05) is 18.2 Å². The molecule has 1 aliphatic rings. The van der Waals surface area contributed by atoms with Crippen LogP contribution in [0.25, 0.3) is 22.5 Å². The minimum absolute atomic E-state index is 0.115. The predicted molar refractivity (Wildman–Crippen MR) is 111 cm³/mol. The highest BCUT2D eigenvalue weighted by atomic mass is 16.4. The largest absolute Gasteiger partial charge is 0.411 e. The standard InChI is InChI=1S/C21H17N9O2/c1-29-9-15(25-11-29)19-27-28-20(32-19)21(31)30-7-6-14-16(24-10-23-14)17(30)18-22-8-12-4-2-3-5-13(12)26-18/h2-5,8-11,17H,6-7H2,1H3,(H,23,24)/t17-/m0/s1. The molecule has 6 rings (SSSR count). The first kappa shape index (κ1) is 18.4. The molecule has 0 unspecified atom stereocenters. The first-order valence-corrected chi connectivity index (χ1v) is 10.0. The quantitative estimate of drug-likeness (QED) is 0.462. The minimum Gasteiger partial charge on any atom is -0.411 e. The lowest BCUT2D eigenvalue weighted by atomic mass is 10.0. The third kappa shape index (κ3) is 2.94. The molecule has 5 heterocycles. The number of amides is 1. The number of aryl methyl sites for hydroxylation is 1. The second kappa shape index (κ2) is 7.08. The predicted octanol–water partition coefficient (Wildman–Crippen LogP) is 1.92. The molecule has 0 aliphatic carbocycles.